The summed E-state index contributed by atoms with van der Waals surface area (Å²) in [5.41, 5.74) is 3.78. The molecule has 0 spiro atoms. The summed E-state index contributed by atoms with van der Waals surface area (Å²) in [5, 5.41) is 12.5. The van der Waals surface area contributed by atoms with E-state index in [1.165, 1.54) is 12.1 Å². The van der Waals surface area contributed by atoms with Crippen molar-refractivity contribution in [1.29, 1.82) is 0 Å². The Morgan fingerprint density at radius 3 is 2.68 bits per heavy atom. The Kier molecular flexibility index (Phi) is 4.17. The van der Waals surface area contributed by atoms with Crippen molar-refractivity contribution in [3.8, 4) is 0 Å². The highest BCUT2D eigenvalue weighted by Crippen LogP contribution is 2.23. The molecular weight excluding hydrogens is 241 g/mol. The van der Waals surface area contributed by atoms with Gasteiger partial charge >= 0.3 is 0 Å². The molecule has 0 saturated heterocycles. The van der Waals surface area contributed by atoms with Crippen LogP contribution in [0.1, 0.15) is 29.7 Å². The number of nitrogens with one attached hydrogen (secondary N) is 1. The van der Waals surface area contributed by atoms with Gasteiger partial charge in [-0.25, -0.2) is 4.39 Å². The highest BCUT2D eigenvalue weighted by molar-refractivity contribution is 5.52. The molecule has 0 heterocycles. The predicted molar refractivity (Wildman–Crippen MR) is 75.5 cm³/mol. The van der Waals surface area contributed by atoms with Crippen LogP contribution >= 0.6 is 0 Å². The van der Waals surface area contributed by atoms with Crippen molar-refractivity contribution >= 4 is 5.69 Å². The van der Waals surface area contributed by atoms with Crippen LogP contribution in [0.2, 0.25) is 0 Å². The number of rotatable bonds is 4. The lowest BCUT2D eigenvalue weighted by atomic mass is 10.0. The van der Waals surface area contributed by atoms with E-state index in [-0.39, 0.29) is 18.5 Å². The summed E-state index contributed by atoms with van der Waals surface area (Å²) < 4.78 is 13.1. The molecule has 2 nitrogen and oxygen atoms in total. The van der Waals surface area contributed by atoms with E-state index < -0.39 is 0 Å². The zero-order valence-corrected chi connectivity index (χ0v) is 11.2. The fourth-order valence-corrected chi connectivity index (χ4v) is 2.07. The van der Waals surface area contributed by atoms with Crippen LogP contribution in [-0.4, -0.2) is 5.11 Å². The molecule has 0 aliphatic heterocycles. The second-order valence-corrected chi connectivity index (χ2v) is 4.73. The van der Waals surface area contributed by atoms with Crippen LogP contribution in [0.3, 0.4) is 0 Å². The molecule has 0 aliphatic rings. The topological polar surface area (TPSA) is 32.3 Å². The quantitative estimate of drug-likeness (QED) is 0.875. The third-order valence-electron chi connectivity index (χ3n) is 3.19. The second kappa shape index (κ2) is 5.85. The van der Waals surface area contributed by atoms with Crippen LogP contribution in [0, 0.1) is 12.7 Å². The first-order chi connectivity index (χ1) is 9.10. The van der Waals surface area contributed by atoms with Crippen molar-refractivity contribution in [2.24, 2.45) is 0 Å². The average molecular weight is 259 g/mol. The third-order valence-corrected chi connectivity index (χ3v) is 3.19. The van der Waals surface area contributed by atoms with Gasteiger partial charge in [-0.15, -0.1) is 0 Å². The minimum atomic E-state index is -0.224. The first-order valence-electron chi connectivity index (χ1n) is 6.32. The smallest absolute Gasteiger partial charge is 0.123 e. The molecule has 0 saturated carbocycles. The largest absolute Gasteiger partial charge is 0.392 e. The van der Waals surface area contributed by atoms with E-state index in [4.69, 9.17) is 5.11 Å². The normalized spacial score (nSPS) is 12.2. The van der Waals surface area contributed by atoms with Crippen molar-refractivity contribution in [1.82, 2.24) is 0 Å². The van der Waals surface area contributed by atoms with Crippen molar-refractivity contribution in [3.63, 3.8) is 0 Å². The van der Waals surface area contributed by atoms with Gasteiger partial charge in [-0.3, -0.25) is 0 Å². The molecule has 2 rings (SSSR count). The van der Waals surface area contributed by atoms with Crippen LogP contribution in [0.15, 0.2) is 42.5 Å². The molecule has 0 aliphatic carbocycles. The predicted octanol–water partition coefficient (Wildman–Crippen LogP) is 3.80. The first-order valence-corrected chi connectivity index (χ1v) is 6.32. The monoisotopic (exact) mass is 259 g/mol. The van der Waals surface area contributed by atoms with Gasteiger partial charge in [0.1, 0.15) is 5.82 Å². The molecule has 0 fully saturated rings. The first kappa shape index (κ1) is 13.6. The van der Waals surface area contributed by atoms with Gasteiger partial charge in [0.2, 0.25) is 0 Å². The van der Waals surface area contributed by atoms with Gasteiger partial charge < -0.3 is 10.4 Å². The fraction of sp³-hybridized carbons (Fsp3) is 0.250. The maximum absolute atomic E-state index is 13.1. The Labute approximate surface area is 112 Å². The number of aryl methyl sites for hydroxylation is 1. The molecule has 0 radical (unpaired) electrons. The average Bonchev–Trinajstić information content (AvgIpc) is 2.42. The number of anilines is 1. The fourth-order valence-electron chi connectivity index (χ4n) is 2.07. The van der Waals surface area contributed by atoms with E-state index in [2.05, 4.69) is 5.32 Å². The van der Waals surface area contributed by atoms with Crippen LogP contribution < -0.4 is 5.32 Å². The molecule has 1 unspecified atom stereocenters. The van der Waals surface area contributed by atoms with Gasteiger partial charge in [0, 0.05) is 11.7 Å². The molecule has 19 heavy (non-hydrogen) atoms. The Morgan fingerprint density at radius 2 is 2.00 bits per heavy atom. The summed E-state index contributed by atoms with van der Waals surface area (Å²) >= 11 is 0. The minimum Gasteiger partial charge on any atom is -0.392 e. The van der Waals surface area contributed by atoms with Crippen LogP contribution in [0.25, 0.3) is 0 Å². The number of halogens is 1. The van der Waals surface area contributed by atoms with Gasteiger partial charge in [-0.2, -0.15) is 0 Å². The highest BCUT2D eigenvalue weighted by Gasteiger charge is 2.08. The number of aliphatic hydroxyl groups excluding tert-OH is 1. The van der Waals surface area contributed by atoms with Crippen molar-refractivity contribution in [2.45, 2.75) is 26.5 Å². The minimum absolute atomic E-state index is 0.0378. The van der Waals surface area contributed by atoms with E-state index in [9.17, 15) is 4.39 Å². The van der Waals surface area contributed by atoms with Crippen molar-refractivity contribution < 1.29 is 9.50 Å². The molecule has 0 amide bonds. The molecule has 2 aromatic carbocycles. The van der Waals surface area contributed by atoms with E-state index in [0.717, 1.165) is 22.4 Å². The number of hydrogen-bond acceptors (Lipinski definition) is 2. The van der Waals surface area contributed by atoms with E-state index in [0.29, 0.717) is 0 Å². The van der Waals surface area contributed by atoms with E-state index in [1.807, 2.05) is 38.1 Å². The summed E-state index contributed by atoms with van der Waals surface area (Å²) in [4.78, 5) is 0. The Bertz CT molecular complexity index is 568. The molecule has 1 atom stereocenters. The van der Waals surface area contributed by atoms with Crippen LogP contribution in [0.5, 0.6) is 0 Å². The highest BCUT2D eigenvalue weighted by atomic mass is 19.1. The summed E-state index contributed by atoms with van der Waals surface area (Å²) in [6.45, 7) is 3.96. The van der Waals surface area contributed by atoms with Gasteiger partial charge in [0.05, 0.1) is 6.61 Å². The molecule has 2 aromatic rings. The summed E-state index contributed by atoms with van der Waals surface area (Å²) in [6.07, 6.45) is 0. The lowest BCUT2D eigenvalue weighted by molar-refractivity contribution is 0.281. The molecule has 100 valence electrons. The summed E-state index contributed by atoms with van der Waals surface area (Å²) in [7, 11) is 0. The standard InChI is InChI=1S/C16H18FNO/c1-11-8-15(17)6-7-16(11)18-12(2)14-5-3-4-13(9-14)10-19/h3-9,12,18-19H,10H2,1-2H3. The Hall–Kier alpha value is -1.87. The second-order valence-electron chi connectivity index (χ2n) is 4.73. The molecule has 3 heteroatoms. The number of aliphatic hydroxyl groups is 1. The molecule has 0 aromatic heterocycles. The van der Waals surface area contributed by atoms with E-state index in [1.54, 1.807) is 6.07 Å². The molecule has 0 bridgehead atoms. The maximum atomic E-state index is 13.1. The lowest BCUT2D eigenvalue weighted by Crippen LogP contribution is -2.08. The number of benzene rings is 2. The van der Waals surface area contributed by atoms with Gasteiger partial charge in [-0.1, -0.05) is 24.3 Å². The van der Waals surface area contributed by atoms with Crippen LogP contribution in [0.4, 0.5) is 10.1 Å². The van der Waals surface area contributed by atoms with Gasteiger partial charge in [0.25, 0.3) is 0 Å². The van der Waals surface area contributed by atoms with Gasteiger partial charge in [-0.05, 0) is 48.7 Å². The van der Waals surface area contributed by atoms with E-state index >= 15 is 0 Å². The summed E-state index contributed by atoms with van der Waals surface area (Å²) in [5.74, 6) is -0.224. The molecule has 2 N–H and O–H groups in total. The summed E-state index contributed by atoms with van der Waals surface area (Å²) in [6, 6.07) is 12.6. The van der Waals surface area contributed by atoms with Gasteiger partial charge in [0.15, 0.2) is 0 Å². The zero-order chi connectivity index (χ0) is 13.8. The van der Waals surface area contributed by atoms with Crippen molar-refractivity contribution in [2.75, 3.05) is 5.32 Å². The van der Waals surface area contributed by atoms with Crippen molar-refractivity contribution in [3.05, 3.63) is 65.0 Å². The number of hydrogen-bond donors (Lipinski definition) is 2. The third kappa shape index (κ3) is 3.32. The Morgan fingerprint density at radius 1 is 1.21 bits per heavy atom. The zero-order valence-electron chi connectivity index (χ0n) is 11.2. The van der Waals surface area contributed by atoms with Crippen LogP contribution in [-0.2, 0) is 6.61 Å². The lowest BCUT2D eigenvalue weighted by Gasteiger charge is -2.18. The SMILES string of the molecule is Cc1cc(F)ccc1NC(C)c1cccc(CO)c1. The molecular formula is C16H18FNO. The maximum Gasteiger partial charge on any atom is 0.123 e. The Balaban J connectivity index is 2.17.